The number of carboxylic acid groups (broad SMARTS) is 1. The van der Waals surface area contributed by atoms with E-state index in [1.54, 1.807) is 30.5 Å². The standard InChI is InChI=1S/C21H27FN4O2S.C2HF3O2.C2H6/c22-20-4-2-1-3-19(20)17-12-18(15-28-21-11-16(13-23)5-6-24-21)26(14-17)29-25-7-9-27-10-8-25;3-2(4,5)1(6)7;1-2/h1-6,11,17-18H,7-10,12-15,23H2;(H,6,7);1-2H3. The summed E-state index contributed by atoms with van der Waals surface area (Å²) in [5.74, 6) is -2.17. The summed E-state index contributed by atoms with van der Waals surface area (Å²) >= 11 is 1.73. The van der Waals surface area contributed by atoms with Gasteiger partial charge in [0.2, 0.25) is 5.88 Å². The Morgan fingerprint density at radius 3 is 2.50 bits per heavy atom. The number of nitrogens with zero attached hydrogens (tertiary/aromatic N) is 3. The van der Waals surface area contributed by atoms with E-state index in [0.717, 1.165) is 50.4 Å². The van der Waals surface area contributed by atoms with Crippen molar-refractivity contribution in [2.24, 2.45) is 5.73 Å². The quantitative estimate of drug-likeness (QED) is 0.374. The molecule has 0 radical (unpaired) electrons. The maximum absolute atomic E-state index is 14.4. The largest absolute Gasteiger partial charge is 0.490 e. The fraction of sp³-hybridized carbons (Fsp3) is 0.520. The SMILES string of the molecule is CC.NCc1ccnc(OCC2CC(c3ccccc3F)CN2SN2CCOCC2)c1.O=C(O)C(F)(F)F. The van der Waals surface area contributed by atoms with Gasteiger partial charge in [0.1, 0.15) is 12.4 Å². The molecule has 2 aliphatic heterocycles. The van der Waals surface area contributed by atoms with Crippen LogP contribution in [0.2, 0.25) is 0 Å². The zero-order valence-corrected chi connectivity index (χ0v) is 22.2. The van der Waals surface area contributed by atoms with Crippen molar-refractivity contribution in [2.45, 2.75) is 44.9 Å². The number of carboxylic acids is 1. The highest BCUT2D eigenvalue weighted by Gasteiger charge is 2.38. The number of carbonyl (C=O) groups is 1. The number of rotatable bonds is 7. The van der Waals surface area contributed by atoms with Gasteiger partial charge in [-0.15, -0.1) is 0 Å². The van der Waals surface area contributed by atoms with Crippen LogP contribution in [0.1, 0.15) is 37.3 Å². The fourth-order valence-corrected chi connectivity index (χ4v) is 4.92. The molecule has 2 unspecified atom stereocenters. The van der Waals surface area contributed by atoms with Crippen LogP contribution in [0.25, 0.3) is 0 Å². The molecule has 0 spiro atoms. The molecule has 8 nitrogen and oxygen atoms in total. The Morgan fingerprint density at radius 2 is 1.89 bits per heavy atom. The predicted molar refractivity (Wildman–Crippen MR) is 137 cm³/mol. The summed E-state index contributed by atoms with van der Waals surface area (Å²) in [5.41, 5.74) is 7.49. The number of nitrogens with two attached hydrogens (primary N) is 1. The molecule has 1 aromatic heterocycles. The zero-order chi connectivity index (χ0) is 28.1. The maximum Gasteiger partial charge on any atom is 0.490 e. The molecule has 0 bridgehead atoms. The van der Waals surface area contributed by atoms with Crippen LogP contribution in [-0.2, 0) is 16.1 Å². The first-order valence-corrected chi connectivity index (χ1v) is 13.0. The molecule has 0 saturated carbocycles. The van der Waals surface area contributed by atoms with Crippen molar-refractivity contribution in [3.05, 3.63) is 59.5 Å². The van der Waals surface area contributed by atoms with E-state index in [2.05, 4.69) is 13.6 Å². The Kier molecular flexibility index (Phi) is 13.2. The molecule has 3 heterocycles. The Bertz CT molecular complexity index is 996. The summed E-state index contributed by atoms with van der Waals surface area (Å²) in [6.07, 6.45) is -2.52. The van der Waals surface area contributed by atoms with Crippen molar-refractivity contribution in [2.75, 3.05) is 39.5 Å². The molecule has 0 aliphatic carbocycles. The number of hydrogen-bond acceptors (Lipinski definition) is 8. The molecule has 38 heavy (non-hydrogen) atoms. The van der Waals surface area contributed by atoms with Crippen LogP contribution in [0, 0.1) is 5.82 Å². The minimum atomic E-state index is -5.08. The minimum absolute atomic E-state index is 0.132. The van der Waals surface area contributed by atoms with E-state index < -0.39 is 12.1 Å². The molecule has 3 N–H and O–H groups in total. The third-order valence-electron chi connectivity index (χ3n) is 5.60. The predicted octanol–water partition coefficient (Wildman–Crippen LogP) is 4.47. The number of pyridine rings is 1. The normalized spacial score (nSPS) is 20.1. The first-order valence-electron chi connectivity index (χ1n) is 12.3. The third kappa shape index (κ3) is 10.0. The average molecular weight is 563 g/mol. The average Bonchev–Trinajstić information content (AvgIpc) is 3.31. The lowest BCUT2D eigenvalue weighted by Gasteiger charge is -2.31. The van der Waals surface area contributed by atoms with Crippen molar-refractivity contribution >= 4 is 18.1 Å². The van der Waals surface area contributed by atoms with Crippen LogP contribution in [0.15, 0.2) is 42.6 Å². The number of aromatic nitrogens is 1. The molecule has 2 saturated heterocycles. The molecule has 212 valence electrons. The summed E-state index contributed by atoms with van der Waals surface area (Å²) in [6.45, 7) is 9.01. The maximum atomic E-state index is 14.4. The minimum Gasteiger partial charge on any atom is -0.476 e. The summed E-state index contributed by atoms with van der Waals surface area (Å²) in [7, 11) is 0. The van der Waals surface area contributed by atoms with Crippen LogP contribution in [0.5, 0.6) is 5.88 Å². The number of benzene rings is 1. The lowest BCUT2D eigenvalue weighted by atomic mass is 9.96. The number of halogens is 4. The van der Waals surface area contributed by atoms with E-state index in [4.69, 9.17) is 25.1 Å². The highest BCUT2D eigenvalue weighted by molar-refractivity contribution is 7.94. The van der Waals surface area contributed by atoms with Gasteiger partial charge in [0.25, 0.3) is 0 Å². The lowest BCUT2D eigenvalue weighted by molar-refractivity contribution is -0.192. The van der Waals surface area contributed by atoms with Gasteiger partial charge in [-0.3, -0.25) is 0 Å². The van der Waals surface area contributed by atoms with Crippen molar-refractivity contribution in [1.29, 1.82) is 0 Å². The van der Waals surface area contributed by atoms with Gasteiger partial charge in [0, 0.05) is 56.5 Å². The molecule has 2 aliphatic rings. The molecular weight excluding hydrogens is 528 g/mol. The highest BCUT2D eigenvalue weighted by atomic mass is 32.2. The van der Waals surface area contributed by atoms with Gasteiger partial charge in [-0.1, -0.05) is 32.0 Å². The Hall–Kier alpha value is -2.45. The van der Waals surface area contributed by atoms with Crippen LogP contribution in [0.3, 0.4) is 0 Å². The number of morpholine rings is 1. The number of hydrogen-bond donors (Lipinski definition) is 2. The van der Waals surface area contributed by atoms with E-state index in [0.29, 0.717) is 19.0 Å². The van der Waals surface area contributed by atoms with Crippen molar-refractivity contribution < 1.29 is 36.9 Å². The smallest absolute Gasteiger partial charge is 0.476 e. The van der Waals surface area contributed by atoms with E-state index in [1.807, 2.05) is 38.1 Å². The number of alkyl halides is 3. The van der Waals surface area contributed by atoms with Gasteiger partial charge in [0.05, 0.1) is 19.3 Å². The van der Waals surface area contributed by atoms with Crippen LogP contribution >= 0.6 is 12.1 Å². The van der Waals surface area contributed by atoms with Crippen LogP contribution in [-0.4, -0.2) is 76.3 Å². The third-order valence-corrected chi connectivity index (χ3v) is 6.85. The van der Waals surface area contributed by atoms with Crippen molar-refractivity contribution in [3.63, 3.8) is 0 Å². The second-order valence-corrected chi connectivity index (χ2v) is 9.30. The van der Waals surface area contributed by atoms with Crippen LogP contribution < -0.4 is 10.5 Å². The molecule has 2 atom stereocenters. The van der Waals surface area contributed by atoms with Gasteiger partial charge < -0.3 is 20.3 Å². The number of ether oxygens (including phenoxy) is 2. The summed E-state index contributed by atoms with van der Waals surface area (Å²) in [5, 5.41) is 7.12. The molecule has 2 aromatic rings. The summed E-state index contributed by atoms with van der Waals surface area (Å²) in [6, 6.07) is 11.0. The van der Waals surface area contributed by atoms with E-state index in [1.165, 1.54) is 0 Å². The van der Waals surface area contributed by atoms with Gasteiger partial charge in [-0.25, -0.2) is 22.8 Å². The molecular formula is C25H34F4N4O4S. The van der Waals surface area contributed by atoms with Gasteiger partial charge >= 0.3 is 12.1 Å². The second-order valence-electron chi connectivity index (χ2n) is 8.15. The molecule has 0 amide bonds. The van der Waals surface area contributed by atoms with E-state index >= 15 is 0 Å². The van der Waals surface area contributed by atoms with Gasteiger partial charge in [-0.05, 0) is 29.7 Å². The lowest BCUT2D eigenvalue weighted by Crippen LogP contribution is -2.38. The topological polar surface area (TPSA) is 101 Å². The van der Waals surface area contributed by atoms with Crippen LogP contribution in [0.4, 0.5) is 17.6 Å². The van der Waals surface area contributed by atoms with Crippen molar-refractivity contribution in [1.82, 2.24) is 13.6 Å². The Balaban J connectivity index is 0.000000491. The number of aliphatic carboxylic acids is 1. The molecule has 13 heteroatoms. The second kappa shape index (κ2) is 15.8. The fourth-order valence-electron chi connectivity index (χ4n) is 3.78. The highest BCUT2D eigenvalue weighted by Crippen LogP contribution is 2.38. The summed E-state index contributed by atoms with van der Waals surface area (Å²) in [4.78, 5) is 13.2. The molecule has 4 rings (SSSR count). The van der Waals surface area contributed by atoms with Crippen molar-refractivity contribution in [3.8, 4) is 5.88 Å². The zero-order valence-electron chi connectivity index (χ0n) is 21.4. The molecule has 2 fully saturated rings. The van der Waals surface area contributed by atoms with Gasteiger partial charge in [0.15, 0.2) is 0 Å². The Morgan fingerprint density at radius 1 is 1.24 bits per heavy atom. The Labute approximate surface area is 224 Å². The first-order chi connectivity index (χ1) is 18.2. The van der Waals surface area contributed by atoms with Gasteiger partial charge in [-0.2, -0.15) is 13.2 Å². The first kappa shape index (κ1) is 31.8. The molecule has 1 aromatic carbocycles. The van der Waals surface area contributed by atoms with E-state index in [-0.39, 0.29) is 17.8 Å². The van der Waals surface area contributed by atoms with E-state index in [9.17, 15) is 17.6 Å². The monoisotopic (exact) mass is 562 g/mol. The summed E-state index contributed by atoms with van der Waals surface area (Å²) < 4.78 is 62.2.